The summed E-state index contributed by atoms with van der Waals surface area (Å²) in [5.41, 5.74) is 8.37. The summed E-state index contributed by atoms with van der Waals surface area (Å²) in [6.45, 7) is 2.57. The lowest BCUT2D eigenvalue weighted by molar-refractivity contribution is 0.100. The molecule has 4 heteroatoms. The highest BCUT2D eigenvalue weighted by atomic mass is 16.5. The van der Waals surface area contributed by atoms with Gasteiger partial charge >= 0.3 is 0 Å². The first-order valence-electron chi connectivity index (χ1n) is 7.12. The molecule has 2 N–H and O–H groups in total. The Morgan fingerprint density at radius 3 is 2.55 bits per heavy atom. The molecule has 1 amide bonds. The number of primary amides is 1. The van der Waals surface area contributed by atoms with Gasteiger partial charge in [0, 0.05) is 10.9 Å². The van der Waals surface area contributed by atoms with E-state index in [0.717, 1.165) is 27.9 Å². The van der Waals surface area contributed by atoms with E-state index < -0.39 is 5.91 Å². The largest absolute Gasteiger partial charge is 0.494 e. The molecule has 110 valence electrons. The first-order chi connectivity index (χ1) is 10.7. The van der Waals surface area contributed by atoms with E-state index in [9.17, 15) is 4.79 Å². The third-order valence-electron chi connectivity index (χ3n) is 3.44. The molecule has 0 atom stereocenters. The number of carbonyl (C=O) groups excluding carboxylic acids is 1. The highest BCUT2D eigenvalue weighted by molar-refractivity contribution is 6.06. The lowest BCUT2D eigenvalue weighted by Crippen LogP contribution is -2.12. The molecule has 3 aromatic rings. The molecule has 1 aromatic heterocycles. The van der Waals surface area contributed by atoms with Gasteiger partial charge in [-0.1, -0.05) is 18.2 Å². The molecule has 0 fully saturated rings. The van der Waals surface area contributed by atoms with Gasteiger partial charge in [0.2, 0.25) is 5.91 Å². The first kappa shape index (κ1) is 14.1. The second-order valence-electron chi connectivity index (χ2n) is 4.89. The van der Waals surface area contributed by atoms with Crippen molar-refractivity contribution < 1.29 is 9.53 Å². The Bertz CT molecular complexity index is 826. The van der Waals surface area contributed by atoms with Gasteiger partial charge in [0.1, 0.15) is 5.75 Å². The maximum atomic E-state index is 11.7. The molecule has 4 nitrogen and oxygen atoms in total. The van der Waals surface area contributed by atoms with Crippen LogP contribution in [0.1, 0.15) is 17.3 Å². The third-order valence-corrected chi connectivity index (χ3v) is 3.44. The van der Waals surface area contributed by atoms with Crippen LogP contribution in [-0.2, 0) is 0 Å². The SMILES string of the molecule is CCOc1ccc(-c2cc(C(N)=O)c3ccccc3n2)cc1. The van der Waals surface area contributed by atoms with Crippen molar-refractivity contribution in [2.75, 3.05) is 6.61 Å². The number of benzene rings is 2. The standard InChI is InChI=1S/C18H16N2O2/c1-2-22-13-9-7-12(8-10-13)17-11-15(18(19)21)14-5-3-4-6-16(14)20-17/h3-11H,2H2,1H3,(H2,19,21). The number of carbonyl (C=O) groups is 1. The zero-order valence-corrected chi connectivity index (χ0v) is 12.2. The van der Waals surface area contributed by atoms with Crippen LogP contribution < -0.4 is 10.5 Å². The number of amides is 1. The molecule has 0 saturated carbocycles. The number of nitrogens with zero attached hydrogens (tertiary/aromatic N) is 1. The summed E-state index contributed by atoms with van der Waals surface area (Å²) >= 11 is 0. The van der Waals surface area contributed by atoms with Gasteiger partial charge < -0.3 is 10.5 Å². The van der Waals surface area contributed by atoms with Gasteiger partial charge in [-0.2, -0.15) is 0 Å². The number of ether oxygens (including phenoxy) is 1. The molecule has 0 saturated heterocycles. The van der Waals surface area contributed by atoms with Crippen molar-refractivity contribution in [3.8, 4) is 17.0 Å². The molecule has 0 unspecified atom stereocenters. The molecular weight excluding hydrogens is 276 g/mol. The minimum Gasteiger partial charge on any atom is -0.494 e. The van der Waals surface area contributed by atoms with Crippen molar-refractivity contribution in [3.63, 3.8) is 0 Å². The van der Waals surface area contributed by atoms with E-state index in [0.29, 0.717) is 12.2 Å². The van der Waals surface area contributed by atoms with Gasteiger partial charge in [0.15, 0.2) is 0 Å². The van der Waals surface area contributed by atoms with Crippen LogP contribution in [0.15, 0.2) is 54.6 Å². The van der Waals surface area contributed by atoms with Gasteiger partial charge in [-0.25, -0.2) is 4.98 Å². The summed E-state index contributed by atoms with van der Waals surface area (Å²) in [5.74, 6) is 0.355. The van der Waals surface area contributed by atoms with Gasteiger partial charge in [0.05, 0.1) is 23.4 Å². The van der Waals surface area contributed by atoms with Crippen molar-refractivity contribution in [2.24, 2.45) is 5.73 Å². The van der Waals surface area contributed by atoms with E-state index in [1.807, 2.05) is 55.5 Å². The molecule has 0 aliphatic carbocycles. The normalized spacial score (nSPS) is 10.6. The molecule has 1 heterocycles. The van der Waals surface area contributed by atoms with Crippen LogP contribution in [0.25, 0.3) is 22.2 Å². The fraction of sp³-hybridized carbons (Fsp3) is 0.111. The Morgan fingerprint density at radius 1 is 1.14 bits per heavy atom. The van der Waals surface area contributed by atoms with Crippen molar-refractivity contribution in [2.45, 2.75) is 6.92 Å². The number of rotatable bonds is 4. The molecule has 22 heavy (non-hydrogen) atoms. The van der Waals surface area contributed by atoms with Crippen LogP contribution in [0.5, 0.6) is 5.75 Å². The topological polar surface area (TPSA) is 65.2 Å². The zero-order valence-electron chi connectivity index (χ0n) is 12.2. The fourth-order valence-electron chi connectivity index (χ4n) is 2.42. The number of hydrogen-bond acceptors (Lipinski definition) is 3. The van der Waals surface area contributed by atoms with E-state index in [4.69, 9.17) is 10.5 Å². The Hall–Kier alpha value is -2.88. The average molecular weight is 292 g/mol. The number of hydrogen-bond donors (Lipinski definition) is 1. The maximum absolute atomic E-state index is 11.7. The highest BCUT2D eigenvalue weighted by Crippen LogP contribution is 2.26. The van der Waals surface area contributed by atoms with Crippen LogP contribution in [0.3, 0.4) is 0 Å². The van der Waals surface area contributed by atoms with Crippen LogP contribution >= 0.6 is 0 Å². The summed E-state index contributed by atoms with van der Waals surface area (Å²) in [6, 6.07) is 16.8. The van der Waals surface area contributed by atoms with E-state index in [-0.39, 0.29) is 0 Å². The number of nitrogens with two attached hydrogens (primary N) is 1. The summed E-state index contributed by atoms with van der Waals surface area (Å²) in [7, 11) is 0. The fourth-order valence-corrected chi connectivity index (χ4v) is 2.42. The van der Waals surface area contributed by atoms with Gasteiger partial charge in [-0.3, -0.25) is 4.79 Å². The van der Waals surface area contributed by atoms with Crippen molar-refractivity contribution in [1.82, 2.24) is 4.98 Å². The Morgan fingerprint density at radius 2 is 1.86 bits per heavy atom. The van der Waals surface area contributed by atoms with Crippen molar-refractivity contribution in [3.05, 3.63) is 60.2 Å². The number of fused-ring (bicyclic) bond motifs is 1. The van der Waals surface area contributed by atoms with Crippen LogP contribution in [0.2, 0.25) is 0 Å². The second kappa shape index (κ2) is 5.85. The Labute approximate surface area is 128 Å². The van der Waals surface area contributed by atoms with Gasteiger partial charge in [0.25, 0.3) is 0 Å². The minimum absolute atomic E-state index is 0.453. The predicted molar refractivity (Wildman–Crippen MR) is 86.9 cm³/mol. The summed E-state index contributed by atoms with van der Waals surface area (Å²) in [5, 5.41) is 0.768. The molecule has 0 radical (unpaired) electrons. The van der Waals surface area contributed by atoms with Gasteiger partial charge in [-0.05, 0) is 43.3 Å². The molecular formula is C18H16N2O2. The molecule has 0 aliphatic heterocycles. The Balaban J connectivity index is 2.12. The monoisotopic (exact) mass is 292 g/mol. The smallest absolute Gasteiger partial charge is 0.249 e. The summed E-state index contributed by atoms with van der Waals surface area (Å²) < 4.78 is 5.43. The van der Waals surface area contributed by atoms with Crippen LogP contribution in [-0.4, -0.2) is 17.5 Å². The van der Waals surface area contributed by atoms with Crippen molar-refractivity contribution >= 4 is 16.8 Å². The average Bonchev–Trinajstić information content (AvgIpc) is 2.54. The zero-order chi connectivity index (χ0) is 15.5. The van der Waals surface area contributed by atoms with E-state index in [1.165, 1.54) is 0 Å². The van der Waals surface area contributed by atoms with Gasteiger partial charge in [-0.15, -0.1) is 0 Å². The van der Waals surface area contributed by atoms with E-state index >= 15 is 0 Å². The van der Waals surface area contributed by atoms with Crippen molar-refractivity contribution in [1.29, 1.82) is 0 Å². The second-order valence-corrected chi connectivity index (χ2v) is 4.89. The lowest BCUT2D eigenvalue weighted by Gasteiger charge is -2.08. The molecule has 3 rings (SSSR count). The van der Waals surface area contributed by atoms with E-state index in [1.54, 1.807) is 6.07 Å². The molecule has 0 bridgehead atoms. The number of para-hydroxylation sites is 1. The number of aromatic nitrogens is 1. The summed E-state index contributed by atoms with van der Waals surface area (Å²) in [4.78, 5) is 16.3. The minimum atomic E-state index is -0.453. The highest BCUT2D eigenvalue weighted by Gasteiger charge is 2.11. The molecule has 0 spiro atoms. The van der Waals surface area contributed by atoms with Crippen LogP contribution in [0, 0.1) is 0 Å². The predicted octanol–water partition coefficient (Wildman–Crippen LogP) is 3.40. The van der Waals surface area contributed by atoms with Crippen LogP contribution in [0.4, 0.5) is 0 Å². The molecule has 0 aliphatic rings. The Kier molecular flexibility index (Phi) is 3.74. The maximum Gasteiger partial charge on any atom is 0.249 e. The molecule has 2 aromatic carbocycles. The quantitative estimate of drug-likeness (QED) is 0.801. The third kappa shape index (κ3) is 2.63. The lowest BCUT2D eigenvalue weighted by atomic mass is 10.0. The first-order valence-corrected chi connectivity index (χ1v) is 7.12. The number of pyridine rings is 1. The van der Waals surface area contributed by atoms with E-state index in [2.05, 4.69) is 4.98 Å². The summed E-state index contributed by atoms with van der Waals surface area (Å²) in [6.07, 6.45) is 0.